The molecule has 1 aliphatic heterocycles. The van der Waals surface area contributed by atoms with Crippen LogP contribution in [-0.2, 0) is 11.3 Å². The molecule has 1 saturated heterocycles. The molecular formula is C20H24ClN3O2. The van der Waals surface area contributed by atoms with Crippen LogP contribution in [0.25, 0.3) is 0 Å². The van der Waals surface area contributed by atoms with Crippen LogP contribution in [0.5, 0.6) is 5.75 Å². The average molecular weight is 374 g/mol. The minimum absolute atomic E-state index is 0.0897. The Hall–Kier alpha value is -2.11. The lowest BCUT2D eigenvalue weighted by molar-refractivity contribution is -0.128. The molecule has 1 aliphatic rings. The van der Waals surface area contributed by atoms with Gasteiger partial charge in [0.2, 0.25) is 0 Å². The number of ether oxygens (including phenoxy) is 1. The number of nitrogens with zero attached hydrogens (tertiary/aromatic N) is 2. The van der Waals surface area contributed by atoms with Gasteiger partial charge in [-0.1, -0.05) is 23.7 Å². The van der Waals surface area contributed by atoms with Crippen LogP contribution in [0.2, 0.25) is 5.02 Å². The van der Waals surface area contributed by atoms with Gasteiger partial charge in [-0.25, -0.2) is 0 Å². The van der Waals surface area contributed by atoms with Gasteiger partial charge >= 0.3 is 0 Å². The van der Waals surface area contributed by atoms with E-state index in [1.165, 1.54) is 0 Å². The van der Waals surface area contributed by atoms with E-state index in [0.29, 0.717) is 10.8 Å². The highest BCUT2D eigenvalue weighted by atomic mass is 35.5. The van der Waals surface area contributed by atoms with Crippen molar-refractivity contribution in [1.29, 1.82) is 0 Å². The van der Waals surface area contributed by atoms with Crippen LogP contribution in [-0.4, -0.2) is 41.0 Å². The first-order valence-corrected chi connectivity index (χ1v) is 9.33. The minimum atomic E-state index is -0.556. The molecule has 0 radical (unpaired) electrons. The summed E-state index contributed by atoms with van der Waals surface area (Å²) in [7, 11) is 0. The Bertz CT molecular complexity index is 718. The van der Waals surface area contributed by atoms with Crippen molar-refractivity contribution in [3.8, 4) is 5.75 Å². The molecule has 0 saturated carbocycles. The van der Waals surface area contributed by atoms with E-state index in [-0.39, 0.29) is 11.9 Å². The molecule has 3 rings (SSSR count). The lowest BCUT2D eigenvalue weighted by Gasteiger charge is -2.32. The molecule has 138 valence electrons. The summed E-state index contributed by atoms with van der Waals surface area (Å²) in [5.74, 6) is 0.512. The molecule has 0 spiro atoms. The van der Waals surface area contributed by atoms with Gasteiger partial charge in [0.05, 0.1) is 5.69 Å². The number of aromatic nitrogens is 1. The van der Waals surface area contributed by atoms with Gasteiger partial charge in [0, 0.05) is 36.9 Å². The van der Waals surface area contributed by atoms with E-state index in [0.717, 1.165) is 38.2 Å². The topological polar surface area (TPSA) is 54.5 Å². The second kappa shape index (κ2) is 9.01. The number of likely N-dealkylation sites (tertiary alicyclic amines) is 1. The lowest BCUT2D eigenvalue weighted by atomic mass is 10.0. The zero-order valence-corrected chi connectivity index (χ0v) is 15.7. The van der Waals surface area contributed by atoms with E-state index in [1.807, 2.05) is 24.4 Å². The van der Waals surface area contributed by atoms with Gasteiger partial charge < -0.3 is 10.1 Å². The van der Waals surface area contributed by atoms with Gasteiger partial charge in [-0.2, -0.15) is 0 Å². The molecule has 6 heteroatoms. The van der Waals surface area contributed by atoms with Crippen molar-refractivity contribution in [3.05, 3.63) is 59.4 Å². The largest absolute Gasteiger partial charge is 0.481 e. The second-order valence-electron chi connectivity index (χ2n) is 6.60. The second-order valence-corrected chi connectivity index (χ2v) is 7.03. The maximum Gasteiger partial charge on any atom is 0.260 e. The summed E-state index contributed by atoms with van der Waals surface area (Å²) in [6.45, 7) is 4.51. The van der Waals surface area contributed by atoms with Crippen LogP contribution in [0.4, 0.5) is 0 Å². The number of nitrogens with one attached hydrogen (secondary N) is 1. The highest BCUT2D eigenvalue weighted by molar-refractivity contribution is 6.30. The normalized spacial score (nSPS) is 16.8. The molecular weight excluding hydrogens is 350 g/mol. The zero-order chi connectivity index (χ0) is 18.4. The summed E-state index contributed by atoms with van der Waals surface area (Å²) >= 11 is 5.95. The summed E-state index contributed by atoms with van der Waals surface area (Å²) in [5, 5.41) is 3.69. The third-order valence-electron chi connectivity index (χ3n) is 4.52. The Morgan fingerprint density at radius 1 is 1.31 bits per heavy atom. The molecule has 1 N–H and O–H groups in total. The first-order chi connectivity index (χ1) is 12.6. The number of amides is 1. The van der Waals surface area contributed by atoms with E-state index < -0.39 is 6.10 Å². The van der Waals surface area contributed by atoms with Crippen molar-refractivity contribution in [1.82, 2.24) is 15.2 Å². The molecule has 2 heterocycles. The summed E-state index contributed by atoms with van der Waals surface area (Å²) in [4.78, 5) is 19.1. The molecule has 5 nitrogen and oxygen atoms in total. The van der Waals surface area contributed by atoms with Gasteiger partial charge in [-0.3, -0.25) is 14.7 Å². The average Bonchev–Trinajstić information content (AvgIpc) is 2.64. The van der Waals surface area contributed by atoms with E-state index >= 15 is 0 Å². The zero-order valence-electron chi connectivity index (χ0n) is 14.9. The molecule has 0 aliphatic carbocycles. The van der Waals surface area contributed by atoms with E-state index in [1.54, 1.807) is 31.2 Å². The number of halogens is 1. The monoisotopic (exact) mass is 373 g/mol. The van der Waals surface area contributed by atoms with Gasteiger partial charge in [-0.15, -0.1) is 0 Å². The number of hydrogen-bond donors (Lipinski definition) is 1. The highest BCUT2D eigenvalue weighted by Gasteiger charge is 2.23. The lowest BCUT2D eigenvalue weighted by Crippen LogP contribution is -2.47. The Labute approximate surface area is 159 Å². The Balaban J connectivity index is 1.42. The van der Waals surface area contributed by atoms with Gasteiger partial charge in [0.1, 0.15) is 5.75 Å². The number of pyridine rings is 1. The van der Waals surface area contributed by atoms with Crippen molar-refractivity contribution < 1.29 is 9.53 Å². The molecule has 1 aromatic heterocycles. The quantitative estimate of drug-likeness (QED) is 0.844. The van der Waals surface area contributed by atoms with Crippen molar-refractivity contribution in [2.75, 3.05) is 13.1 Å². The van der Waals surface area contributed by atoms with Gasteiger partial charge in [0.15, 0.2) is 6.10 Å². The highest BCUT2D eigenvalue weighted by Crippen LogP contribution is 2.19. The number of rotatable bonds is 6. The fraction of sp³-hybridized carbons (Fsp3) is 0.400. The van der Waals surface area contributed by atoms with Crippen molar-refractivity contribution in [2.24, 2.45) is 0 Å². The summed E-state index contributed by atoms with van der Waals surface area (Å²) in [6.07, 6.45) is 3.13. The maximum absolute atomic E-state index is 12.4. The van der Waals surface area contributed by atoms with Crippen LogP contribution in [0.15, 0.2) is 48.7 Å². The number of benzene rings is 1. The molecule has 1 atom stereocenters. The summed E-state index contributed by atoms with van der Waals surface area (Å²) in [5.41, 5.74) is 1.08. The molecule has 1 aromatic carbocycles. The summed E-state index contributed by atoms with van der Waals surface area (Å²) in [6, 6.07) is 13.3. The first kappa shape index (κ1) is 18.7. The third-order valence-corrected chi connectivity index (χ3v) is 4.76. The van der Waals surface area contributed by atoms with Crippen molar-refractivity contribution >= 4 is 17.5 Å². The molecule has 0 bridgehead atoms. The molecule has 1 amide bonds. The standard InChI is InChI=1S/C20H24ClN3O2/c1-15(26-19-7-4-5-16(21)13-19)20(25)23-17-8-11-24(12-9-17)14-18-6-2-3-10-22-18/h2-7,10,13,15,17H,8-9,11-12,14H2,1H3,(H,23,25)/t15-/m0/s1. The van der Waals surface area contributed by atoms with Crippen LogP contribution in [0.1, 0.15) is 25.5 Å². The van der Waals surface area contributed by atoms with E-state index in [9.17, 15) is 4.79 Å². The number of carbonyl (C=O) groups is 1. The first-order valence-electron chi connectivity index (χ1n) is 8.95. The van der Waals surface area contributed by atoms with E-state index in [4.69, 9.17) is 16.3 Å². The number of hydrogen-bond acceptors (Lipinski definition) is 4. The van der Waals surface area contributed by atoms with Crippen LogP contribution in [0.3, 0.4) is 0 Å². The van der Waals surface area contributed by atoms with Gasteiger partial charge in [-0.05, 0) is 50.1 Å². The number of carbonyl (C=O) groups excluding carboxylic acids is 1. The predicted octanol–water partition coefficient (Wildman–Crippen LogP) is 3.28. The molecule has 2 aromatic rings. The summed E-state index contributed by atoms with van der Waals surface area (Å²) < 4.78 is 5.68. The van der Waals surface area contributed by atoms with Crippen LogP contribution >= 0.6 is 11.6 Å². The van der Waals surface area contributed by atoms with Crippen LogP contribution in [0, 0.1) is 0 Å². The van der Waals surface area contributed by atoms with E-state index in [2.05, 4.69) is 15.2 Å². The van der Waals surface area contributed by atoms with Crippen molar-refractivity contribution in [2.45, 2.75) is 38.5 Å². The number of piperidine rings is 1. The maximum atomic E-state index is 12.4. The molecule has 0 unspecified atom stereocenters. The molecule has 26 heavy (non-hydrogen) atoms. The minimum Gasteiger partial charge on any atom is -0.481 e. The Morgan fingerprint density at radius 2 is 2.12 bits per heavy atom. The van der Waals surface area contributed by atoms with Gasteiger partial charge in [0.25, 0.3) is 5.91 Å². The smallest absolute Gasteiger partial charge is 0.260 e. The predicted molar refractivity (Wildman–Crippen MR) is 102 cm³/mol. The fourth-order valence-corrected chi connectivity index (χ4v) is 3.25. The van der Waals surface area contributed by atoms with Crippen molar-refractivity contribution in [3.63, 3.8) is 0 Å². The Kier molecular flexibility index (Phi) is 6.47. The third kappa shape index (κ3) is 5.44. The fourth-order valence-electron chi connectivity index (χ4n) is 3.07. The SMILES string of the molecule is C[C@H](Oc1cccc(Cl)c1)C(=O)NC1CCN(Cc2ccccn2)CC1. The van der Waals surface area contributed by atoms with Crippen LogP contribution < -0.4 is 10.1 Å². The Morgan fingerprint density at radius 3 is 2.81 bits per heavy atom. The molecule has 1 fully saturated rings.